The first-order valence-corrected chi connectivity index (χ1v) is 7.30. The van der Waals surface area contributed by atoms with E-state index >= 15 is 0 Å². The maximum absolute atomic E-state index is 5.56. The van der Waals surface area contributed by atoms with Gasteiger partial charge in [0.2, 0.25) is 5.89 Å². The molecule has 0 radical (unpaired) electrons. The van der Waals surface area contributed by atoms with Crippen molar-refractivity contribution in [3.05, 3.63) is 45.6 Å². The molecule has 0 bridgehead atoms. The van der Waals surface area contributed by atoms with Crippen LogP contribution in [0.1, 0.15) is 35.9 Å². The molecule has 1 N–H and O–H groups in total. The first-order valence-electron chi connectivity index (χ1n) is 6.51. The Hall–Kier alpha value is -1.33. The van der Waals surface area contributed by atoms with E-state index in [1.165, 1.54) is 5.56 Å². The van der Waals surface area contributed by atoms with Crippen LogP contribution in [0.2, 0.25) is 0 Å². The lowest BCUT2D eigenvalue weighted by Gasteiger charge is -2.14. The van der Waals surface area contributed by atoms with Crippen molar-refractivity contribution < 1.29 is 9.15 Å². The van der Waals surface area contributed by atoms with Crippen molar-refractivity contribution in [3.63, 3.8) is 0 Å². The van der Waals surface area contributed by atoms with Crippen molar-refractivity contribution in [2.24, 2.45) is 0 Å². The molecule has 2 rings (SSSR count). The summed E-state index contributed by atoms with van der Waals surface area (Å²) < 4.78 is 11.7. The minimum Gasteiger partial charge on any atom is -0.496 e. The fourth-order valence-electron chi connectivity index (χ4n) is 1.93. The summed E-state index contributed by atoms with van der Waals surface area (Å²) in [5.74, 6) is 2.43. The first-order chi connectivity index (χ1) is 9.51. The number of aromatic nitrogens is 1. The fraction of sp³-hybridized carbons (Fsp3) is 0.400. The molecule has 2 aromatic rings. The molecule has 0 unspecified atom stereocenters. The summed E-state index contributed by atoms with van der Waals surface area (Å²) in [4.78, 5) is 4.36. The molecule has 1 heterocycles. The molecule has 5 heteroatoms. The van der Waals surface area contributed by atoms with E-state index in [2.05, 4.69) is 39.2 Å². The van der Waals surface area contributed by atoms with E-state index in [9.17, 15) is 0 Å². The highest BCUT2D eigenvalue weighted by Gasteiger charge is 2.10. The molecule has 0 spiro atoms. The van der Waals surface area contributed by atoms with Crippen molar-refractivity contribution in [3.8, 4) is 5.75 Å². The van der Waals surface area contributed by atoms with Crippen LogP contribution in [-0.2, 0) is 6.54 Å². The van der Waals surface area contributed by atoms with Gasteiger partial charge in [-0.15, -0.1) is 0 Å². The number of aryl methyl sites for hydroxylation is 2. The number of halogens is 1. The van der Waals surface area contributed by atoms with Gasteiger partial charge >= 0.3 is 0 Å². The third kappa shape index (κ3) is 3.41. The maximum atomic E-state index is 5.56. The van der Waals surface area contributed by atoms with Gasteiger partial charge in [-0.2, -0.15) is 0 Å². The van der Waals surface area contributed by atoms with Gasteiger partial charge in [0.15, 0.2) is 0 Å². The van der Waals surface area contributed by atoms with Gasteiger partial charge in [-0.1, -0.05) is 6.07 Å². The van der Waals surface area contributed by atoms with Gasteiger partial charge in [-0.25, -0.2) is 4.98 Å². The molecule has 1 atom stereocenters. The normalized spacial score (nSPS) is 12.4. The minimum atomic E-state index is 0.199. The van der Waals surface area contributed by atoms with Crippen LogP contribution < -0.4 is 10.1 Å². The van der Waals surface area contributed by atoms with Crippen molar-refractivity contribution >= 4 is 15.9 Å². The van der Waals surface area contributed by atoms with Crippen LogP contribution in [-0.4, -0.2) is 12.1 Å². The Morgan fingerprint density at radius 2 is 2.15 bits per heavy atom. The lowest BCUT2D eigenvalue weighted by Crippen LogP contribution is -2.18. The highest BCUT2D eigenvalue weighted by molar-refractivity contribution is 9.10. The smallest absolute Gasteiger partial charge is 0.208 e. The summed E-state index contributed by atoms with van der Waals surface area (Å²) >= 11 is 3.50. The number of oxazole rings is 1. The van der Waals surface area contributed by atoms with Gasteiger partial charge in [-0.05, 0) is 54.4 Å². The Kier molecular flexibility index (Phi) is 4.83. The van der Waals surface area contributed by atoms with Crippen molar-refractivity contribution in [2.45, 2.75) is 33.4 Å². The fourth-order valence-corrected chi connectivity index (χ4v) is 2.48. The lowest BCUT2D eigenvalue weighted by molar-refractivity contribution is 0.411. The van der Waals surface area contributed by atoms with Gasteiger partial charge < -0.3 is 14.5 Å². The standard InChI is InChI=1S/C15H19BrN2O2/c1-9-11(3)20-15(18-9)8-17-10(2)12-5-6-14(19-4)13(16)7-12/h5-7,10,17H,8H2,1-4H3/t10-/m1/s1. The predicted octanol–water partition coefficient (Wildman–Crippen LogP) is 3.91. The molecule has 108 valence electrons. The molecule has 0 aliphatic rings. The van der Waals surface area contributed by atoms with E-state index in [1.54, 1.807) is 7.11 Å². The van der Waals surface area contributed by atoms with E-state index in [4.69, 9.17) is 9.15 Å². The van der Waals surface area contributed by atoms with Gasteiger partial charge in [0.1, 0.15) is 11.5 Å². The average Bonchev–Trinajstić information content (AvgIpc) is 2.75. The Balaban J connectivity index is 2.01. The second kappa shape index (κ2) is 6.41. The SMILES string of the molecule is COc1ccc([C@@H](C)NCc2nc(C)c(C)o2)cc1Br. The zero-order valence-electron chi connectivity index (χ0n) is 12.2. The molecule has 1 aromatic carbocycles. The van der Waals surface area contributed by atoms with E-state index in [1.807, 2.05) is 26.0 Å². The highest BCUT2D eigenvalue weighted by atomic mass is 79.9. The summed E-state index contributed by atoms with van der Waals surface area (Å²) in [7, 11) is 1.66. The molecule has 0 amide bonds. The predicted molar refractivity (Wildman–Crippen MR) is 81.9 cm³/mol. The van der Waals surface area contributed by atoms with Crippen LogP contribution in [0.15, 0.2) is 27.1 Å². The quantitative estimate of drug-likeness (QED) is 0.897. The molecular formula is C15H19BrN2O2. The second-order valence-corrected chi connectivity index (χ2v) is 5.60. The summed E-state index contributed by atoms with van der Waals surface area (Å²) in [5, 5.41) is 3.40. The monoisotopic (exact) mass is 338 g/mol. The third-order valence-corrected chi connectivity index (χ3v) is 3.93. The molecule has 0 saturated carbocycles. The van der Waals surface area contributed by atoms with Gasteiger partial charge in [-0.3, -0.25) is 0 Å². The molecule has 20 heavy (non-hydrogen) atoms. The molecule has 0 aliphatic heterocycles. The summed E-state index contributed by atoms with van der Waals surface area (Å²) in [6, 6.07) is 6.26. The number of benzene rings is 1. The number of nitrogens with one attached hydrogen (secondary N) is 1. The Labute approximate surface area is 127 Å². The van der Waals surface area contributed by atoms with E-state index < -0.39 is 0 Å². The molecule has 0 saturated heterocycles. The largest absolute Gasteiger partial charge is 0.496 e. The van der Waals surface area contributed by atoms with Crippen LogP contribution in [0.5, 0.6) is 5.75 Å². The summed E-state index contributed by atoms with van der Waals surface area (Å²) in [6.45, 7) is 6.60. The van der Waals surface area contributed by atoms with Crippen LogP contribution in [0.4, 0.5) is 0 Å². The number of nitrogens with zero attached hydrogens (tertiary/aromatic N) is 1. The molecule has 0 fully saturated rings. The number of hydrogen-bond donors (Lipinski definition) is 1. The first kappa shape index (κ1) is 15.1. The zero-order valence-corrected chi connectivity index (χ0v) is 13.7. The van der Waals surface area contributed by atoms with E-state index in [0.29, 0.717) is 6.54 Å². The molecular weight excluding hydrogens is 320 g/mol. The van der Waals surface area contributed by atoms with Crippen molar-refractivity contribution in [2.75, 3.05) is 7.11 Å². The average molecular weight is 339 g/mol. The van der Waals surface area contributed by atoms with Crippen LogP contribution in [0.25, 0.3) is 0 Å². The van der Waals surface area contributed by atoms with Crippen molar-refractivity contribution in [1.82, 2.24) is 10.3 Å². The van der Waals surface area contributed by atoms with Crippen LogP contribution >= 0.6 is 15.9 Å². The number of rotatable bonds is 5. The summed E-state index contributed by atoms with van der Waals surface area (Å²) in [6.07, 6.45) is 0. The van der Waals surface area contributed by atoms with E-state index in [-0.39, 0.29) is 6.04 Å². The molecule has 1 aromatic heterocycles. The Morgan fingerprint density at radius 1 is 1.40 bits per heavy atom. The van der Waals surface area contributed by atoms with E-state index in [0.717, 1.165) is 27.6 Å². The summed E-state index contributed by atoms with van der Waals surface area (Å²) in [5.41, 5.74) is 2.12. The number of ether oxygens (including phenoxy) is 1. The Bertz CT molecular complexity index is 576. The zero-order chi connectivity index (χ0) is 14.7. The van der Waals surface area contributed by atoms with Gasteiger partial charge in [0, 0.05) is 6.04 Å². The number of hydrogen-bond acceptors (Lipinski definition) is 4. The number of methoxy groups -OCH3 is 1. The molecule has 4 nitrogen and oxygen atoms in total. The van der Waals surface area contributed by atoms with Crippen LogP contribution in [0.3, 0.4) is 0 Å². The highest BCUT2D eigenvalue weighted by Crippen LogP contribution is 2.28. The van der Waals surface area contributed by atoms with Gasteiger partial charge in [0.05, 0.1) is 23.8 Å². The topological polar surface area (TPSA) is 47.3 Å². The molecule has 0 aliphatic carbocycles. The van der Waals surface area contributed by atoms with Gasteiger partial charge in [0.25, 0.3) is 0 Å². The maximum Gasteiger partial charge on any atom is 0.208 e. The minimum absolute atomic E-state index is 0.199. The third-order valence-electron chi connectivity index (χ3n) is 3.31. The Morgan fingerprint density at radius 3 is 2.70 bits per heavy atom. The van der Waals surface area contributed by atoms with Crippen LogP contribution in [0, 0.1) is 13.8 Å². The van der Waals surface area contributed by atoms with Crippen molar-refractivity contribution in [1.29, 1.82) is 0 Å². The second-order valence-electron chi connectivity index (χ2n) is 4.75. The lowest BCUT2D eigenvalue weighted by atomic mass is 10.1.